The highest BCUT2D eigenvalue weighted by molar-refractivity contribution is 5.80. The van der Waals surface area contributed by atoms with Crippen molar-refractivity contribution in [1.29, 1.82) is 0 Å². The molecule has 1 fully saturated rings. The van der Waals surface area contributed by atoms with Crippen LogP contribution in [0.5, 0.6) is 5.75 Å². The molecule has 1 N–H and O–H groups in total. The van der Waals surface area contributed by atoms with Crippen LogP contribution >= 0.6 is 0 Å². The summed E-state index contributed by atoms with van der Waals surface area (Å²) in [6.07, 6.45) is -4.18. The van der Waals surface area contributed by atoms with Gasteiger partial charge in [0.25, 0.3) is 0 Å². The molecular formula is C19H30F3N5O. The van der Waals surface area contributed by atoms with Crippen molar-refractivity contribution in [3.05, 3.63) is 24.3 Å². The number of hydrogen-bond acceptors (Lipinski definition) is 4. The van der Waals surface area contributed by atoms with Crippen LogP contribution in [0.15, 0.2) is 29.3 Å². The SMILES string of the molecule is CCNC(=NCCN(C)CC(F)(F)F)N1CCN(c2ccccc2OC)CC1. The molecule has 0 atom stereocenters. The summed E-state index contributed by atoms with van der Waals surface area (Å²) in [6.45, 7) is 5.55. The molecule has 1 aliphatic heterocycles. The summed E-state index contributed by atoms with van der Waals surface area (Å²) in [5, 5.41) is 3.24. The van der Waals surface area contributed by atoms with Crippen LogP contribution in [0, 0.1) is 0 Å². The molecule has 158 valence electrons. The summed E-state index contributed by atoms with van der Waals surface area (Å²) < 4.78 is 42.7. The minimum Gasteiger partial charge on any atom is -0.495 e. The quantitative estimate of drug-likeness (QED) is 0.561. The average molecular weight is 401 g/mol. The highest BCUT2D eigenvalue weighted by Crippen LogP contribution is 2.28. The Balaban J connectivity index is 1.91. The maximum Gasteiger partial charge on any atom is 0.401 e. The van der Waals surface area contributed by atoms with E-state index < -0.39 is 12.7 Å². The van der Waals surface area contributed by atoms with Crippen molar-refractivity contribution < 1.29 is 17.9 Å². The lowest BCUT2D eigenvalue weighted by atomic mass is 10.2. The van der Waals surface area contributed by atoms with Gasteiger partial charge in [-0.05, 0) is 26.1 Å². The number of guanidine groups is 1. The van der Waals surface area contributed by atoms with Crippen LogP contribution in [-0.4, -0.2) is 88.5 Å². The van der Waals surface area contributed by atoms with E-state index in [1.165, 1.54) is 11.9 Å². The second-order valence-corrected chi connectivity index (χ2v) is 6.73. The number of anilines is 1. The van der Waals surface area contributed by atoms with Crippen LogP contribution in [0.4, 0.5) is 18.9 Å². The first kappa shape index (κ1) is 22.1. The molecule has 0 amide bonds. The number of piperazine rings is 1. The van der Waals surface area contributed by atoms with E-state index in [0.717, 1.165) is 43.6 Å². The van der Waals surface area contributed by atoms with Gasteiger partial charge in [0, 0.05) is 39.3 Å². The van der Waals surface area contributed by atoms with Gasteiger partial charge in [-0.25, -0.2) is 0 Å². The Morgan fingerprint density at radius 2 is 1.89 bits per heavy atom. The zero-order valence-electron chi connectivity index (χ0n) is 16.8. The summed E-state index contributed by atoms with van der Waals surface area (Å²) in [5.41, 5.74) is 1.07. The highest BCUT2D eigenvalue weighted by atomic mass is 19.4. The maximum atomic E-state index is 12.4. The number of nitrogens with zero attached hydrogens (tertiary/aromatic N) is 4. The van der Waals surface area contributed by atoms with Crippen molar-refractivity contribution in [3.63, 3.8) is 0 Å². The van der Waals surface area contributed by atoms with Crippen molar-refractivity contribution in [2.24, 2.45) is 4.99 Å². The average Bonchev–Trinajstić information content (AvgIpc) is 2.66. The van der Waals surface area contributed by atoms with Gasteiger partial charge < -0.3 is 19.9 Å². The van der Waals surface area contributed by atoms with E-state index in [4.69, 9.17) is 4.74 Å². The van der Waals surface area contributed by atoms with Gasteiger partial charge in [0.05, 0.1) is 25.9 Å². The van der Waals surface area contributed by atoms with Gasteiger partial charge in [-0.3, -0.25) is 9.89 Å². The fraction of sp³-hybridized carbons (Fsp3) is 0.632. The molecule has 28 heavy (non-hydrogen) atoms. The first-order valence-corrected chi connectivity index (χ1v) is 9.50. The molecule has 1 heterocycles. The van der Waals surface area contributed by atoms with Crippen LogP contribution in [0.1, 0.15) is 6.92 Å². The van der Waals surface area contributed by atoms with Crippen molar-refractivity contribution in [2.45, 2.75) is 13.1 Å². The number of methoxy groups -OCH3 is 1. The highest BCUT2D eigenvalue weighted by Gasteiger charge is 2.29. The minimum absolute atomic E-state index is 0.260. The number of nitrogens with one attached hydrogen (secondary N) is 1. The molecule has 2 rings (SSSR count). The zero-order valence-corrected chi connectivity index (χ0v) is 16.8. The first-order valence-electron chi connectivity index (χ1n) is 9.50. The van der Waals surface area contributed by atoms with Crippen LogP contribution in [0.2, 0.25) is 0 Å². The fourth-order valence-corrected chi connectivity index (χ4v) is 3.19. The third kappa shape index (κ3) is 6.78. The summed E-state index contributed by atoms with van der Waals surface area (Å²) in [7, 11) is 3.13. The van der Waals surface area contributed by atoms with Gasteiger partial charge in [-0.2, -0.15) is 13.2 Å². The van der Waals surface area contributed by atoms with E-state index in [1.807, 2.05) is 31.2 Å². The smallest absolute Gasteiger partial charge is 0.401 e. The molecule has 0 aliphatic carbocycles. The molecule has 1 saturated heterocycles. The Morgan fingerprint density at radius 1 is 1.21 bits per heavy atom. The number of halogens is 3. The summed E-state index contributed by atoms with van der Waals surface area (Å²) in [4.78, 5) is 10.2. The number of rotatable bonds is 7. The Bertz CT molecular complexity index is 630. The van der Waals surface area contributed by atoms with Crippen LogP contribution in [0.25, 0.3) is 0 Å². The van der Waals surface area contributed by atoms with E-state index in [-0.39, 0.29) is 6.54 Å². The van der Waals surface area contributed by atoms with E-state index in [2.05, 4.69) is 20.1 Å². The van der Waals surface area contributed by atoms with Gasteiger partial charge in [-0.1, -0.05) is 12.1 Å². The monoisotopic (exact) mass is 401 g/mol. The van der Waals surface area contributed by atoms with Crippen LogP contribution in [-0.2, 0) is 0 Å². The van der Waals surface area contributed by atoms with E-state index in [9.17, 15) is 13.2 Å². The fourth-order valence-electron chi connectivity index (χ4n) is 3.19. The number of hydrogen-bond donors (Lipinski definition) is 1. The van der Waals surface area contributed by atoms with Gasteiger partial charge in [-0.15, -0.1) is 0 Å². The standard InChI is InChI=1S/C19H30F3N5O/c1-4-23-18(24-9-10-25(2)15-19(20,21)22)27-13-11-26(12-14-27)16-7-5-6-8-17(16)28-3/h5-8H,4,9-15H2,1-3H3,(H,23,24). The number of alkyl halides is 3. The molecule has 1 aliphatic rings. The van der Waals surface area contributed by atoms with E-state index in [1.54, 1.807) is 7.11 Å². The van der Waals surface area contributed by atoms with Gasteiger partial charge in [0.2, 0.25) is 0 Å². The largest absolute Gasteiger partial charge is 0.495 e. The van der Waals surface area contributed by atoms with Gasteiger partial charge in [0.15, 0.2) is 5.96 Å². The maximum absolute atomic E-state index is 12.4. The van der Waals surface area contributed by atoms with Gasteiger partial charge >= 0.3 is 6.18 Å². The number of para-hydroxylation sites is 2. The molecule has 0 saturated carbocycles. The Hall–Kier alpha value is -2.16. The van der Waals surface area contributed by atoms with E-state index in [0.29, 0.717) is 13.1 Å². The number of likely N-dealkylation sites (N-methyl/N-ethyl adjacent to an activating group) is 1. The zero-order chi connectivity index (χ0) is 20.6. The van der Waals surface area contributed by atoms with Crippen LogP contribution in [0.3, 0.4) is 0 Å². The Morgan fingerprint density at radius 3 is 2.50 bits per heavy atom. The molecule has 1 aromatic rings. The third-order valence-corrected chi connectivity index (χ3v) is 4.53. The number of aliphatic imine (C=N–C) groups is 1. The van der Waals surface area contributed by atoms with Gasteiger partial charge in [0.1, 0.15) is 5.75 Å². The predicted molar refractivity (Wildman–Crippen MR) is 106 cm³/mol. The number of ether oxygens (including phenoxy) is 1. The summed E-state index contributed by atoms with van der Waals surface area (Å²) in [6, 6.07) is 7.94. The molecular weight excluding hydrogens is 371 g/mol. The van der Waals surface area contributed by atoms with Crippen molar-refractivity contribution >= 4 is 11.6 Å². The summed E-state index contributed by atoms with van der Waals surface area (Å²) in [5.74, 6) is 1.60. The second-order valence-electron chi connectivity index (χ2n) is 6.73. The van der Waals surface area contributed by atoms with Crippen molar-refractivity contribution in [3.8, 4) is 5.75 Å². The Labute approximate surface area is 165 Å². The molecule has 0 unspecified atom stereocenters. The van der Waals surface area contributed by atoms with Crippen LogP contribution < -0.4 is 15.0 Å². The van der Waals surface area contributed by atoms with Crippen molar-refractivity contribution in [1.82, 2.24) is 15.1 Å². The molecule has 6 nitrogen and oxygen atoms in total. The van der Waals surface area contributed by atoms with E-state index >= 15 is 0 Å². The topological polar surface area (TPSA) is 43.3 Å². The third-order valence-electron chi connectivity index (χ3n) is 4.53. The first-order chi connectivity index (χ1) is 13.3. The molecule has 1 aromatic carbocycles. The summed E-state index contributed by atoms with van der Waals surface area (Å²) >= 11 is 0. The lowest BCUT2D eigenvalue weighted by Gasteiger charge is -2.38. The van der Waals surface area contributed by atoms with Crippen molar-refractivity contribution in [2.75, 3.05) is 71.4 Å². The molecule has 9 heteroatoms. The lowest BCUT2D eigenvalue weighted by molar-refractivity contribution is -0.142. The lowest BCUT2D eigenvalue weighted by Crippen LogP contribution is -2.52. The molecule has 0 aromatic heterocycles. The molecule has 0 bridgehead atoms. The number of benzene rings is 1. The Kier molecular flexibility index (Phi) is 8.22. The normalized spacial score (nSPS) is 15.9. The second kappa shape index (κ2) is 10.4. The molecule has 0 spiro atoms. The predicted octanol–water partition coefficient (Wildman–Crippen LogP) is 2.28. The molecule has 0 radical (unpaired) electrons. The minimum atomic E-state index is -4.18.